The van der Waals surface area contributed by atoms with Crippen LogP contribution in [0.1, 0.15) is 54.9 Å². The van der Waals surface area contributed by atoms with E-state index in [1.165, 1.54) is 17.7 Å². The standard InChI is InChI=1S/C14H20N2OS/c1-14(2)6-8-16(9-7-14)13-15-12-10(17)4-3-5-11(12)18-13/h3-9H2,1-2H3. The third kappa shape index (κ3) is 2.18. The molecule has 18 heavy (non-hydrogen) atoms. The molecule has 1 aliphatic carbocycles. The van der Waals surface area contributed by atoms with Crippen LogP contribution in [-0.2, 0) is 6.42 Å². The van der Waals surface area contributed by atoms with Crippen molar-refractivity contribution in [3.8, 4) is 0 Å². The quantitative estimate of drug-likeness (QED) is 0.780. The van der Waals surface area contributed by atoms with Crippen LogP contribution in [0.15, 0.2) is 0 Å². The number of nitrogens with zero attached hydrogens (tertiary/aromatic N) is 2. The predicted molar refractivity (Wildman–Crippen MR) is 74.6 cm³/mol. The van der Waals surface area contributed by atoms with Crippen molar-refractivity contribution in [2.24, 2.45) is 5.41 Å². The van der Waals surface area contributed by atoms with Crippen LogP contribution in [0.5, 0.6) is 0 Å². The fourth-order valence-corrected chi connectivity index (χ4v) is 3.86. The minimum Gasteiger partial charge on any atom is -0.348 e. The number of hydrogen-bond acceptors (Lipinski definition) is 4. The highest BCUT2D eigenvalue weighted by Crippen LogP contribution is 2.36. The van der Waals surface area contributed by atoms with E-state index in [0.29, 0.717) is 11.8 Å². The monoisotopic (exact) mass is 264 g/mol. The summed E-state index contributed by atoms with van der Waals surface area (Å²) in [6, 6.07) is 0. The molecule has 3 rings (SSSR count). The van der Waals surface area contributed by atoms with Gasteiger partial charge in [0.2, 0.25) is 0 Å². The lowest BCUT2D eigenvalue weighted by Gasteiger charge is -2.36. The SMILES string of the molecule is CC1(C)CCN(c2nc3c(s2)CCCC3=O)CC1. The van der Waals surface area contributed by atoms with E-state index in [2.05, 4.69) is 23.7 Å². The summed E-state index contributed by atoms with van der Waals surface area (Å²) in [5.41, 5.74) is 1.23. The largest absolute Gasteiger partial charge is 0.348 e. The van der Waals surface area contributed by atoms with Gasteiger partial charge in [0.25, 0.3) is 0 Å². The Hall–Kier alpha value is -0.900. The van der Waals surface area contributed by atoms with E-state index in [0.717, 1.165) is 36.8 Å². The molecule has 0 aromatic carbocycles. The Balaban J connectivity index is 1.80. The van der Waals surface area contributed by atoms with Gasteiger partial charge in [0.15, 0.2) is 10.9 Å². The van der Waals surface area contributed by atoms with Gasteiger partial charge in [0.05, 0.1) is 0 Å². The van der Waals surface area contributed by atoms with E-state index in [9.17, 15) is 4.79 Å². The van der Waals surface area contributed by atoms with Crippen molar-refractivity contribution in [1.82, 2.24) is 4.98 Å². The van der Waals surface area contributed by atoms with E-state index in [4.69, 9.17) is 0 Å². The zero-order valence-electron chi connectivity index (χ0n) is 11.2. The maximum absolute atomic E-state index is 11.8. The Kier molecular flexibility index (Phi) is 2.93. The lowest BCUT2D eigenvalue weighted by Crippen LogP contribution is -2.37. The number of thiazole rings is 1. The molecule has 0 bridgehead atoms. The highest BCUT2D eigenvalue weighted by atomic mass is 32.1. The van der Waals surface area contributed by atoms with Gasteiger partial charge in [-0.1, -0.05) is 13.8 Å². The Morgan fingerprint density at radius 1 is 1.22 bits per heavy atom. The molecule has 1 aromatic heterocycles. The van der Waals surface area contributed by atoms with Crippen molar-refractivity contribution < 1.29 is 4.79 Å². The number of aryl methyl sites for hydroxylation is 1. The summed E-state index contributed by atoms with van der Waals surface area (Å²) in [7, 11) is 0. The lowest BCUT2D eigenvalue weighted by molar-refractivity contribution is 0.0968. The van der Waals surface area contributed by atoms with Crippen LogP contribution in [0.3, 0.4) is 0 Å². The van der Waals surface area contributed by atoms with Crippen LogP contribution in [-0.4, -0.2) is 23.9 Å². The first-order chi connectivity index (χ1) is 8.55. The average Bonchev–Trinajstić information content (AvgIpc) is 2.74. The van der Waals surface area contributed by atoms with Crippen molar-refractivity contribution in [3.63, 3.8) is 0 Å². The van der Waals surface area contributed by atoms with Gasteiger partial charge in [-0.3, -0.25) is 4.79 Å². The van der Waals surface area contributed by atoms with Gasteiger partial charge in [0, 0.05) is 24.4 Å². The Morgan fingerprint density at radius 2 is 1.94 bits per heavy atom. The molecule has 1 aliphatic heterocycles. The third-order valence-electron chi connectivity index (χ3n) is 4.15. The molecule has 0 unspecified atom stereocenters. The minimum absolute atomic E-state index is 0.246. The highest BCUT2D eigenvalue weighted by molar-refractivity contribution is 7.16. The van der Waals surface area contributed by atoms with Crippen molar-refractivity contribution >= 4 is 22.3 Å². The number of carbonyl (C=O) groups excluding carboxylic acids is 1. The Morgan fingerprint density at radius 3 is 2.61 bits per heavy atom. The van der Waals surface area contributed by atoms with E-state index in [-0.39, 0.29) is 5.78 Å². The molecule has 2 heterocycles. The molecular formula is C14H20N2OS. The van der Waals surface area contributed by atoms with Gasteiger partial charge in [-0.25, -0.2) is 4.98 Å². The molecule has 3 nitrogen and oxygen atoms in total. The number of hydrogen-bond donors (Lipinski definition) is 0. The number of aromatic nitrogens is 1. The number of Topliss-reactive ketones (excluding diaryl/α,β-unsaturated/α-hetero) is 1. The summed E-state index contributed by atoms with van der Waals surface area (Å²) in [5.74, 6) is 0.246. The molecule has 0 atom stereocenters. The van der Waals surface area contributed by atoms with E-state index in [1.807, 2.05) is 0 Å². The average molecular weight is 264 g/mol. The van der Waals surface area contributed by atoms with Crippen molar-refractivity contribution in [1.29, 1.82) is 0 Å². The van der Waals surface area contributed by atoms with Gasteiger partial charge in [-0.2, -0.15) is 0 Å². The molecule has 2 aliphatic rings. The van der Waals surface area contributed by atoms with Crippen molar-refractivity contribution in [2.45, 2.75) is 46.0 Å². The summed E-state index contributed by atoms with van der Waals surface area (Å²) in [4.78, 5) is 20.0. The molecule has 0 saturated carbocycles. The maximum Gasteiger partial charge on any atom is 0.186 e. The first kappa shape index (κ1) is 12.2. The van der Waals surface area contributed by atoms with E-state index < -0.39 is 0 Å². The molecule has 0 N–H and O–H groups in total. The van der Waals surface area contributed by atoms with E-state index >= 15 is 0 Å². The van der Waals surface area contributed by atoms with Gasteiger partial charge in [-0.05, 0) is 31.1 Å². The van der Waals surface area contributed by atoms with E-state index in [1.54, 1.807) is 11.3 Å². The predicted octanol–water partition coefficient (Wildman–Crippen LogP) is 3.29. The Labute approximate surface area is 112 Å². The number of rotatable bonds is 1. The zero-order chi connectivity index (χ0) is 12.8. The molecule has 4 heteroatoms. The molecule has 1 aromatic rings. The summed E-state index contributed by atoms with van der Waals surface area (Å²) in [5, 5.41) is 1.07. The van der Waals surface area contributed by atoms with Crippen molar-refractivity contribution in [2.75, 3.05) is 18.0 Å². The summed E-state index contributed by atoms with van der Waals surface area (Å²) in [6.45, 7) is 6.82. The second-order valence-electron chi connectivity index (χ2n) is 6.20. The highest BCUT2D eigenvalue weighted by Gasteiger charge is 2.29. The first-order valence-electron chi connectivity index (χ1n) is 6.83. The van der Waals surface area contributed by atoms with Gasteiger partial charge >= 0.3 is 0 Å². The molecule has 0 radical (unpaired) electrons. The normalized spacial score (nSPS) is 23.0. The number of fused-ring (bicyclic) bond motifs is 1. The number of carbonyl (C=O) groups is 1. The van der Waals surface area contributed by atoms with Crippen LogP contribution in [0, 0.1) is 5.41 Å². The van der Waals surface area contributed by atoms with Crippen LogP contribution in [0.25, 0.3) is 0 Å². The van der Waals surface area contributed by atoms with Crippen LogP contribution in [0.4, 0.5) is 5.13 Å². The van der Waals surface area contributed by atoms with Crippen LogP contribution >= 0.6 is 11.3 Å². The first-order valence-corrected chi connectivity index (χ1v) is 7.65. The van der Waals surface area contributed by atoms with Crippen molar-refractivity contribution in [3.05, 3.63) is 10.6 Å². The lowest BCUT2D eigenvalue weighted by atomic mass is 9.83. The van der Waals surface area contributed by atoms with Gasteiger partial charge in [-0.15, -0.1) is 11.3 Å². The summed E-state index contributed by atoms with van der Waals surface area (Å²) in [6.07, 6.45) is 5.15. The maximum atomic E-state index is 11.8. The fourth-order valence-electron chi connectivity index (χ4n) is 2.69. The van der Waals surface area contributed by atoms with Gasteiger partial charge < -0.3 is 4.90 Å². The number of anilines is 1. The zero-order valence-corrected chi connectivity index (χ0v) is 12.0. The Bertz CT molecular complexity index is 468. The third-order valence-corrected chi connectivity index (χ3v) is 5.32. The second kappa shape index (κ2) is 4.34. The van der Waals surface area contributed by atoms with Gasteiger partial charge in [0.1, 0.15) is 5.69 Å². The molecule has 1 saturated heterocycles. The van der Waals surface area contributed by atoms with Crippen LogP contribution < -0.4 is 4.90 Å². The molecule has 0 amide bonds. The minimum atomic E-state index is 0.246. The molecular weight excluding hydrogens is 244 g/mol. The molecule has 0 spiro atoms. The summed E-state index contributed by atoms with van der Waals surface area (Å²) < 4.78 is 0. The number of ketones is 1. The number of piperidine rings is 1. The fraction of sp³-hybridized carbons (Fsp3) is 0.714. The second-order valence-corrected chi connectivity index (χ2v) is 7.26. The molecule has 1 fully saturated rings. The van der Waals surface area contributed by atoms with Crippen LogP contribution in [0.2, 0.25) is 0 Å². The summed E-state index contributed by atoms with van der Waals surface area (Å²) >= 11 is 1.74. The smallest absolute Gasteiger partial charge is 0.186 e. The topological polar surface area (TPSA) is 33.2 Å². The molecule has 98 valence electrons.